The van der Waals surface area contributed by atoms with Crippen molar-refractivity contribution in [2.45, 2.75) is 6.42 Å². The first kappa shape index (κ1) is 14.5. The van der Waals surface area contributed by atoms with Gasteiger partial charge < -0.3 is 0 Å². The number of fused-ring (bicyclic) bond motifs is 3. The first-order valence-electron chi connectivity index (χ1n) is 9.04. The predicted octanol–water partition coefficient (Wildman–Crippen LogP) is 6.51. The molecule has 1 unspecified atom stereocenters. The molecule has 2 atom stereocenters. The van der Waals surface area contributed by atoms with Gasteiger partial charge in [-0.15, -0.1) is 0 Å². The molecule has 0 nitrogen and oxygen atoms in total. The summed E-state index contributed by atoms with van der Waals surface area (Å²) in [6.45, 7) is 0. The molecule has 2 aliphatic carbocycles. The quantitative estimate of drug-likeness (QED) is 0.504. The number of benzene rings is 3. The van der Waals surface area contributed by atoms with E-state index in [1.807, 2.05) is 0 Å². The molecule has 25 heavy (non-hydrogen) atoms. The van der Waals surface area contributed by atoms with Crippen molar-refractivity contribution >= 4 is 21.9 Å². The van der Waals surface area contributed by atoms with Crippen molar-refractivity contribution in [3.8, 4) is 0 Å². The zero-order valence-electron chi connectivity index (χ0n) is 14.1. The van der Waals surface area contributed by atoms with Gasteiger partial charge in [-0.2, -0.15) is 0 Å². The van der Waals surface area contributed by atoms with Gasteiger partial charge in [-0.25, -0.2) is 0 Å². The molecule has 0 saturated carbocycles. The Morgan fingerprint density at radius 1 is 0.600 bits per heavy atom. The van der Waals surface area contributed by atoms with E-state index in [0.717, 1.165) is 0 Å². The number of hydrogen-bond donors (Lipinski definition) is 0. The van der Waals surface area contributed by atoms with Crippen LogP contribution in [0.25, 0.3) is 21.9 Å². The third-order valence-corrected chi connectivity index (χ3v) is 5.50. The van der Waals surface area contributed by atoms with E-state index in [9.17, 15) is 0 Å². The molecule has 5 rings (SSSR count). The third kappa shape index (κ3) is 2.37. The summed E-state index contributed by atoms with van der Waals surface area (Å²) in [7, 11) is 0. The van der Waals surface area contributed by atoms with E-state index in [2.05, 4.69) is 97.1 Å². The molecule has 120 valence electrons. The number of allylic oxidation sites excluding steroid dienone is 6. The Morgan fingerprint density at radius 3 is 2.12 bits per heavy atom. The smallest absolute Gasteiger partial charge is 0.00392 e. The summed E-state index contributed by atoms with van der Waals surface area (Å²) in [4.78, 5) is 0. The topological polar surface area (TPSA) is 0 Å². The summed E-state index contributed by atoms with van der Waals surface area (Å²) >= 11 is 0. The van der Waals surface area contributed by atoms with Crippen LogP contribution in [-0.2, 0) is 0 Å². The minimum Gasteiger partial charge on any atom is -0.0770 e. The number of hydrogen-bond acceptors (Lipinski definition) is 0. The highest BCUT2D eigenvalue weighted by molar-refractivity contribution is 6.04. The highest BCUT2D eigenvalue weighted by Gasteiger charge is 2.33. The summed E-state index contributed by atoms with van der Waals surface area (Å²) in [5.41, 5.74) is 5.76. The van der Waals surface area contributed by atoms with Crippen molar-refractivity contribution in [3.63, 3.8) is 0 Å². The predicted molar refractivity (Wildman–Crippen MR) is 107 cm³/mol. The van der Waals surface area contributed by atoms with Crippen LogP contribution in [0.15, 0.2) is 97.1 Å². The molecule has 0 amide bonds. The monoisotopic (exact) mass is 320 g/mol. The average Bonchev–Trinajstić information content (AvgIpc) is 2.84. The van der Waals surface area contributed by atoms with Gasteiger partial charge in [0.05, 0.1) is 0 Å². The first-order valence-corrected chi connectivity index (χ1v) is 9.04. The molecule has 3 aromatic rings. The Labute approximate surface area is 148 Å². The average molecular weight is 320 g/mol. The van der Waals surface area contributed by atoms with Crippen LogP contribution in [0.3, 0.4) is 0 Å². The second-order valence-corrected chi connectivity index (χ2v) is 6.94. The summed E-state index contributed by atoms with van der Waals surface area (Å²) in [5, 5.41) is 2.68. The van der Waals surface area contributed by atoms with Crippen LogP contribution in [-0.4, -0.2) is 0 Å². The minimum atomic E-state index is 0.487. The highest BCUT2D eigenvalue weighted by atomic mass is 14.4. The molecule has 0 saturated heterocycles. The van der Waals surface area contributed by atoms with Crippen molar-refractivity contribution in [2.24, 2.45) is 11.8 Å². The molecule has 0 aliphatic heterocycles. The molecular formula is C25H20. The Balaban J connectivity index is 1.83. The van der Waals surface area contributed by atoms with Gasteiger partial charge in [-0.1, -0.05) is 97.1 Å². The standard InChI is InChI=1S/C25H20/c1-2-10-19(11-3-1)24-20-12-4-5-13-21(17-20)25(24)23-16-8-14-18-9-6-7-15-22(18)23/h1-16,20-21H,17H2/t20-,21?/m1/s1. The summed E-state index contributed by atoms with van der Waals surface area (Å²) < 4.78 is 0. The van der Waals surface area contributed by atoms with Gasteiger partial charge in [0.1, 0.15) is 0 Å². The van der Waals surface area contributed by atoms with Crippen LogP contribution in [0.4, 0.5) is 0 Å². The van der Waals surface area contributed by atoms with E-state index in [1.165, 1.54) is 39.5 Å². The maximum Gasteiger partial charge on any atom is 0.00392 e. The fourth-order valence-electron chi connectivity index (χ4n) is 4.45. The number of rotatable bonds is 2. The molecule has 0 aromatic heterocycles. The molecule has 2 aliphatic rings. The molecular weight excluding hydrogens is 300 g/mol. The fraction of sp³-hybridized carbons (Fsp3) is 0.120. The zero-order valence-corrected chi connectivity index (χ0v) is 14.1. The SMILES string of the molecule is C1=CC2C[C@@H](C=C1)C(c1ccccc1)=C2c1cccc2ccccc12. The van der Waals surface area contributed by atoms with Crippen LogP contribution in [0.2, 0.25) is 0 Å². The molecule has 3 aromatic carbocycles. The van der Waals surface area contributed by atoms with Gasteiger partial charge in [0.15, 0.2) is 0 Å². The van der Waals surface area contributed by atoms with Gasteiger partial charge in [-0.05, 0) is 39.5 Å². The van der Waals surface area contributed by atoms with E-state index in [-0.39, 0.29) is 0 Å². The highest BCUT2D eigenvalue weighted by Crippen LogP contribution is 2.50. The Morgan fingerprint density at radius 2 is 1.28 bits per heavy atom. The van der Waals surface area contributed by atoms with Gasteiger partial charge in [0, 0.05) is 11.8 Å². The van der Waals surface area contributed by atoms with Gasteiger partial charge >= 0.3 is 0 Å². The normalized spacial score (nSPS) is 21.8. The van der Waals surface area contributed by atoms with Crippen LogP contribution < -0.4 is 0 Å². The van der Waals surface area contributed by atoms with Gasteiger partial charge in [-0.3, -0.25) is 0 Å². The van der Waals surface area contributed by atoms with Gasteiger partial charge in [0.25, 0.3) is 0 Å². The van der Waals surface area contributed by atoms with E-state index >= 15 is 0 Å². The van der Waals surface area contributed by atoms with Crippen molar-refractivity contribution in [1.82, 2.24) is 0 Å². The lowest BCUT2D eigenvalue weighted by Gasteiger charge is -2.17. The Hall–Kier alpha value is -2.86. The molecule has 0 heteroatoms. The van der Waals surface area contributed by atoms with Crippen molar-refractivity contribution in [3.05, 3.63) is 108 Å². The largest absolute Gasteiger partial charge is 0.0770 e. The molecule has 2 bridgehead atoms. The lowest BCUT2D eigenvalue weighted by atomic mass is 9.87. The van der Waals surface area contributed by atoms with E-state index in [0.29, 0.717) is 11.8 Å². The lowest BCUT2D eigenvalue weighted by molar-refractivity contribution is 0.697. The maximum atomic E-state index is 2.38. The van der Waals surface area contributed by atoms with Gasteiger partial charge in [0.2, 0.25) is 0 Å². The van der Waals surface area contributed by atoms with Crippen molar-refractivity contribution in [1.29, 1.82) is 0 Å². The van der Waals surface area contributed by atoms with Crippen LogP contribution in [0, 0.1) is 11.8 Å². The molecule has 0 fully saturated rings. The second kappa shape index (κ2) is 5.89. The third-order valence-electron chi connectivity index (χ3n) is 5.50. The minimum absolute atomic E-state index is 0.487. The first-order chi connectivity index (χ1) is 12.4. The van der Waals surface area contributed by atoms with E-state index in [4.69, 9.17) is 0 Å². The summed E-state index contributed by atoms with van der Waals surface area (Å²) in [6.07, 6.45) is 10.4. The molecule has 0 radical (unpaired) electrons. The molecule has 0 heterocycles. The lowest BCUT2D eigenvalue weighted by Crippen LogP contribution is -1.97. The summed E-state index contributed by atoms with van der Waals surface area (Å²) in [6, 6.07) is 26.4. The van der Waals surface area contributed by atoms with E-state index in [1.54, 1.807) is 0 Å². The van der Waals surface area contributed by atoms with Crippen molar-refractivity contribution in [2.75, 3.05) is 0 Å². The fourth-order valence-corrected chi connectivity index (χ4v) is 4.45. The van der Waals surface area contributed by atoms with E-state index < -0.39 is 0 Å². The van der Waals surface area contributed by atoms with Crippen LogP contribution in [0.1, 0.15) is 17.5 Å². The zero-order chi connectivity index (χ0) is 16.6. The Kier molecular flexibility index (Phi) is 3.41. The summed E-state index contributed by atoms with van der Waals surface area (Å²) in [5.74, 6) is 0.984. The molecule has 0 spiro atoms. The van der Waals surface area contributed by atoms with Crippen LogP contribution in [0.5, 0.6) is 0 Å². The second-order valence-electron chi connectivity index (χ2n) is 6.94. The maximum absolute atomic E-state index is 2.38. The molecule has 0 N–H and O–H groups in total. The van der Waals surface area contributed by atoms with Crippen LogP contribution >= 0.6 is 0 Å². The van der Waals surface area contributed by atoms with Crippen molar-refractivity contribution < 1.29 is 0 Å². The Bertz CT molecular complexity index is 1010.